The summed E-state index contributed by atoms with van der Waals surface area (Å²) >= 11 is 1.50. The van der Waals surface area contributed by atoms with E-state index < -0.39 is 17.7 Å². The fourth-order valence-corrected chi connectivity index (χ4v) is 3.12. The summed E-state index contributed by atoms with van der Waals surface area (Å²) in [7, 11) is 0. The van der Waals surface area contributed by atoms with E-state index in [1.54, 1.807) is 0 Å². The Morgan fingerprint density at radius 2 is 2.16 bits per heavy atom. The van der Waals surface area contributed by atoms with Crippen LogP contribution in [0.2, 0.25) is 0 Å². The first kappa shape index (κ1) is 14.2. The van der Waals surface area contributed by atoms with E-state index in [0.29, 0.717) is 18.8 Å². The highest BCUT2D eigenvalue weighted by atomic mass is 32.2. The maximum Gasteiger partial charge on any atom is 0.412 e. The number of hydrogen-bond acceptors (Lipinski definition) is 5. The quantitative estimate of drug-likeness (QED) is 0.713. The van der Waals surface area contributed by atoms with Crippen LogP contribution in [0.15, 0.2) is 10.6 Å². The second-order valence-corrected chi connectivity index (χ2v) is 6.56. The maximum atomic E-state index is 12.0. The third kappa shape index (κ3) is 3.22. The van der Waals surface area contributed by atoms with Crippen molar-refractivity contribution in [2.24, 2.45) is 0 Å². The Morgan fingerprint density at radius 1 is 1.47 bits per heavy atom. The predicted octanol–water partition coefficient (Wildman–Crippen LogP) is 1.59. The molecule has 2 aliphatic heterocycles. The van der Waals surface area contributed by atoms with Crippen molar-refractivity contribution in [2.45, 2.75) is 38.8 Å². The Hall–Kier alpha value is -1.21. The zero-order valence-electron chi connectivity index (χ0n) is 11.2. The van der Waals surface area contributed by atoms with Gasteiger partial charge < -0.3 is 9.84 Å². The van der Waals surface area contributed by atoms with Gasteiger partial charge >= 0.3 is 12.1 Å². The Kier molecular flexibility index (Phi) is 3.78. The standard InChI is InChI=1S/C12H18N2O4S/c1-12(2,3)18-10(15)7-4-8-9(5-13-7)19-6-14(8)11(16)17/h7,13H,4-6H2,1-3H3,(H,16,17). The Bertz CT molecular complexity index is 442. The molecule has 106 valence electrons. The summed E-state index contributed by atoms with van der Waals surface area (Å²) in [4.78, 5) is 25.4. The number of rotatable bonds is 1. The lowest BCUT2D eigenvalue weighted by atomic mass is 10.1. The molecule has 0 aromatic heterocycles. The van der Waals surface area contributed by atoms with Crippen LogP contribution in [-0.4, -0.2) is 46.1 Å². The first-order chi connectivity index (χ1) is 8.78. The van der Waals surface area contributed by atoms with E-state index in [4.69, 9.17) is 9.84 Å². The molecule has 1 atom stereocenters. The molecule has 0 saturated heterocycles. The van der Waals surface area contributed by atoms with Crippen LogP contribution in [0.3, 0.4) is 0 Å². The number of carbonyl (C=O) groups excluding carboxylic acids is 1. The molecule has 2 N–H and O–H groups in total. The normalized spacial score (nSPS) is 23.3. The van der Waals surface area contributed by atoms with Crippen molar-refractivity contribution in [3.8, 4) is 0 Å². The Balaban J connectivity index is 2.06. The molecule has 0 radical (unpaired) electrons. The van der Waals surface area contributed by atoms with Crippen LogP contribution in [0.4, 0.5) is 4.79 Å². The predicted molar refractivity (Wildman–Crippen MR) is 71.6 cm³/mol. The fourth-order valence-electron chi connectivity index (χ4n) is 2.02. The van der Waals surface area contributed by atoms with Crippen molar-refractivity contribution in [3.63, 3.8) is 0 Å². The molecule has 2 heterocycles. The van der Waals surface area contributed by atoms with Gasteiger partial charge in [0.1, 0.15) is 11.6 Å². The van der Waals surface area contributed by atoms with E-state index in [-0.39, 0.29) is 5.97 Å². The Labute approximate surface area is 116 Å². The highest BCUT2D eigenvalue weighted by Crippen LogP contribution is 2.36. The van der Waals surface area contributed by atoms with Crippen LogP contribution in [0.25, 0.3) is 0 Å². The summed E-state index contributed by atoms with van der Waals surface area (Å²) in [5, 5.41) is 12.2. The molecule has 19 heavy (non-hydrogen) atoms. The van der Waals surface area contributed by atoms with Gasteiger partial charge in [0.2, 0.25) is 0 Å². The summed E-state index contributed by atoms with van der Waals surface area (Å²) in [5.74, 6) is 0.0733. The van der Waals surface area contributed by atoms with Gasteiger partial charge in [-0.05, 0) is 20.8 Å². The van der Waals surface area contributed by atoms with Gasteiger partial charge in [-0.25, -0.2) is 4.79 Å². The molecule has 7 heteroatoms. The lowest BCUT2D eigenvalue weighted by molar-refractivity contribution is -0.157. The second kappa shape index (κ2) is 5.05. The third-order valence-corrected chi connectivity index (χ3v) is 3.96. The number of hydrogen-bond donors (Lipinski definition) is 2. The van der Waals surface area contributed by atoms with Gasteiger partial charge in [0.15, 0.2) is 0 Å². The second-order valence-electron chi connectivity index (χ2n) is 5.52. The van der Waals surface area contributed by atoms with Crippen molar-refractivity contribution in [1.82, 2.24) is 10.2 Å². The van der Waals surface area contributed by atoms with Gasteiger partial charge in [0, 0.05) is 23.6 Å². The minimum atomic E-state index is -0.970. The zero-order chi connectivity index (χ0) is 14.2. The van der Waals surface area contributed by atoms with E-state index in [1.807, 2.05) is 20.8 Å². The van der Waals surface area contributed by atoms with Gasteiger partial charge in [-0.1, -0.05) is 0 Å². The summed E-state index contributed by atoms with van der Waals surface area (Å²) in [6.45, 7) is 5.96. The number of thioether (sulfide) groups is 1. The first-order valence-corrected chi connectivity index (χ1v) is 7.08. The minimum absolute atomic E-state index is 0.332. The fraction of sp³-hybridized carbons (Fsp3) is 0.667. The number of nitrogens with one attached hydrogen (secondary N) is 1. The average molecular weight is 286 g/mol. The van der Waals surface area contributed by atoms with Crippen LogP contribution in [0.1, 0.15) is 27.2 Å². The molecule has 0 spiro atoms. The van der Waals surface area contributed by atoms with Crippen LogP contribution in [-0.2, 0) is 9.53 Å². The number of esters is 1. The highest BCUT2D eigenvalue weighted by molar-refractivity contribution is 8.03. The van der Waals surface area contributed by atoms with Gasteiger partial charge in [-0.2, -0.15) is 0 Å². The van der Waals surface area contributed by atoms with Crippen LogP contribution >= 0.6 is 11.8 Å². The smallest absolute Gasteiger partial charge is 0.412 e. The van der Waals surface area contributed by atoms with Crippen LogP contribution in [0, 0.1) is 0 Å². The number of ether oxygens (including phenoxy) is 1. The van der Waals surface area contributed by atoms with Crippen molar-refractivity contribution < 1.29 is 19.4 Å². The molecule has 2 rings (SSSR count). The van der Waals surface area contributed by atoms with Crippen molar-refractivity contribution >= 4 is 23.8 Å². The molecule has 0 saturated carbocycles. The number of carbonyl (C=O) groups is 2. The average Bonchev–Trinajstić information content (AvgIpc) is 2.68. The molecule has 1 amide bonds. The number of amides is 1. The van der Waals surface area contributed by atoms with E-state index in [2.05, 4.69) is 5.32 Å². The van der Waals surface area contributed by atoms with Crippen LogP contribution < -0.4 is 5.32 Å². The minimum Gasteiger partial charge on any atom is -0.465 e. The topological polar surface area (TPSA) is 78.9 Å². The molecule has 1 unspecified atom stereocenters. The summed E-state index contributed by atoms with van der Waals surface area (Å²) in [6, 6.07) is -0.474. The molecular formula is C12H18N2O4S. The summed E-state index contributed by atoms with van der Waals surface area (Å²) in [5.41, 5.74) is 0.191. The molecule has 0 aliphatic carbocycles. The summed E-state index contributed by atoms with van der Waals surface area (Å²) < 4.78 is 5.32. The van der Waals surface area contributed by atoms with Gasteiger partial charge in [0.25, 0.3) is 0 Å². The molecule has 0 aromatic carbocycles. The molecule has 0 aromatic rings. The SMILES string of the molecule is CC(C)(C)OC(=O)C1CC2=C(CN1)SCN2C(=O)O. The third-order valence-electron chi connectivity index (χ3n) is 2.84. The number of carboxylic acid groups (broad SMARTS) is 1. The highest BCUT2D eigenvalue weighted by Gasteiger charge is 2.36. The number of nitrogens with zero attached hydrogens (tertiary/aromatic N) is 1. The van der Waals surface area contributed by atoms with Gasteiger partial charge in [-0.15, -0.1) is 11.8 Å². The molecule has 0 bridgehead atoms. The van der Waals surface area contributed by atoms with Crippen molar-refractivity contribution in [3.05, 3.63) is 10.6 Å². The lowest BCUT2D eigenvalue weighted by Crippen LogP contribution is -2.45. The first-order valence-electron chi connectivity index (χ1n) is 6.09. The van der Waals surface area contributed by atoms with Gasteiger partial charge in [-0.3, -0.25) is 15.0 Å². The van der Waals surface area contributed by atoms with E-state index in [0.717, 1.165) is 10.6 Å². The largest absolute Gasteiger partial charge is 0.465 e. The lowest BCUT2D eigenvalue weighted by Gasteiger charge is -2.29. The molecule has 2 aliphatic rings. The summed E-state index contributed by atoms with van der Waals surface area (Å²) in [6.07, 6.45) is -0.605. The van der Waals surface area contributed by atoms with E-state index in [9.17, 15) is 9.59 Å². The molecular weight excluding hydrogens is 268 g/mol. The van der Waals surface area contributed by atoms with E-state index in [1.165, 1.54) is 16.7 Å². The van der Waals surface area contributed by atoms with E-state index >= 15 is 0 Å². The molecule has 0 fully saturated rings. The van der Waals surface area contributed by atoms with Crippen LogP contribution in [0.5, 0.6) is 0 Å². The zero-order valence-corrected chi connectivity index (χ0v) is 12.0. The molecule has 6 nitrogen and oxygen atoms in total. The van der Waals surface area contributed by atoms with Crippen molar-refractivity contribution in [1.29, 1.82) is 0 Å². The maximum absolute atomic E-state index is 12.0. The monoisotopic (exact) mass is 286 g/mol. The van der Waals surface area contributed by atoms with Crippen molar-refractivity contribution in [2.75, 3.05) is 12.4 Å². The van der Waals surface area contributed by atoms with Gasteiger partial charge in [0.05, 0.1) is 5.88 Å². The Morgan fingerprint density at radius 3 is 2.74 bits per heavy atom.